The Morgan fingerprint density at radius 2 is 0.688 bits per heavy atom. The summed E-state index contributed by atoms with van der Waals surface area (Å²) in [5.74, 6) is 0.118. The van der Waals surface area contributed by atoms with Crippen LogP contribution in [0.3, 0.4) is 0 Å². The third kappa shape index (κ3) is 42.0. The molecule has 24 heteroatoms. The molecular formula is C72H126N8O16. The van der Waals surface area contributed by atoms with Gasteiger partial charge in [0.1, 0.15) is 53.6 Å². The van der Waals surface area contributed by atoms with Gasteiger partial charge in [-0.15, -0.1) is 0 Å². The number of carbonyl (C=O) groups is 5. The van der Waals surface area contributed by atoms with Crippen LogP contribution in [0.4, 0.5) is 0 Å². The highest BCUT2D eigenvalue weighted by atomic mass is 16.6. The molecule has 0 bridgehead atoms. The van der Waals surface area contributed by atoms with Crippen molar-refractivity contribution in [2.24, 2.45) is 0 Å². The van der Waals surface area contributed by atoms with Crippen LogP contribution in [0, 0.1) is 0 Å². The predicted octanol–water partition coefficient (Wildman–Crippen LogP) is 6.08. The van der Waals surface area contributed by atoms with Gasteiger partial charge in [-0.05, 0) is 164 Å². The molecule has 2 fully saturated rings. The fourth-order valence-electron chi connectivity index (χ4n) is 10.7. The molecule has 2 heterocycles. The lowest BCUT2D eigenvalue weighted by molar-refractivity contribution is -0.159. The number of nitrogens with zero attached hydrogens (tertiary/aromatic N) is 5. The van der Waals surface area contributed by atoms with Gasteiger partial charge in [0.05, 0.1) is 72.5 Å². The van der Waals surface area contributed by atoms with Crippen molar-refractivity contribution in [2.45, 2.75) is 157 Å². The summed E-state index contributed by atoms with van der Waals surface area (Å²) in [6.07, 6.45) is 4.60. The minimum Gasteiger partial charge on any atom is -0.491 e. The number of rotatable bonds is 36. The normalized spacial score (nSPS) is 16.8. The summed E-state index contributed by atoms with van der Waals surface area (Å²) < 4.78 is 61.3. The van der Waals surface area contributed by atoms with Gasteiger partial charge in [-0.1, -0.05) is 24.3 Å². The summed E-state index contributed by atoms with van der Waals surface area (Å²) in [7, 11) is 0. The van der Waals surface area contributed by atoms with Crippen LogP contribution in [0.25, 0.3) is 0 Å². The summed E-state index contributed by atoms with van der Waals surface area (Å²) in [6.45, 7) is 41.3. The van der Waals surface area contributed by atoms with Gasteiger partial charge >= 0.3 is 29.8 Å². The molecule has 0 saturated carbocycles. The van der Waals surface area contributed by atoms with Gasteiger partial charge in [0.15, 0.2) is 0 Å². The van der Waals surface area contributed by atoms with Crippen molar-refractivity contribution in [1.82, 2.24) is 40.4 Å². The van der Waals surface area contributed by atoms with Crippen molar-refractivity contribution >= 4 is 29.8 Å². The van der Waals surface area contributed by atoms with E-state index in [0.29, 0.717) is 131 Å². The molecule has 2 aromatic rings. The molecule has 2 unspecified atom stereocenters. The SMILES string of the molecule is CCOCCOCCOc1ccc(CCCC(C(=O)OCC)N2CCN(CC(=O)OC(C)(C)C)CCN(CC(=O)OC(C)(C)C)CCN(CC(=O)OC(C)(C)C)CC2)cc1.CCOCCOCCOc1ccc(CCCC(C(=O)OCC)N2CCNCCNCCNCC2)cc1. The Morgan fingerprint density at radius 3 is 1.01 bits per heavy atom. The standard InChI is InChI=1S/C45H78N4O11.C27H48N4O5/c1-12-54-29-30-55-31-32-57-37-19-17-36(18-20-37)15-14-16-38(42(53)56-13-2)49-27-25-47(34-40(51)59-44(6,7)8)23-21-46(33-39(50)58-43(3,4)5)22-24-48(26-28-49)35-41(52)60-45(9,10)11;1-3-33-20-21-34-22-23-36-25-10-8-24(9-11-25)6-5-7-26(27(32)35-4-2)31-18-16-29-14-12-28-13-15-30-17-19-31/h17-20,38H,12-16,21-35H2,1-11H3;8-11,26,28-30H,3-7,12-23H2,1-2H3. The van der Waals surface area contributed by atoms with Crippen LogP contribution in [0.15, 0.2) is 48.5 Å². The van der Waals surface area contributed by atoms with E-state index < -0.39 is 22.8 Å². The van der Waals surface area contributed by atoms with Crippen LogP contribution in [-0.2, 0) is 79.4 Å². The first-order valence-electron chi connectivity index (χ1n) is 35.4. The Balaban J connectivity index is 0.000000566. The molecule has 3 N–H and O–H groups in total. The molecule has 24 nitrogen and oxygen atoms in total. The summed E-state index contributed by atoms with van der Waals surface area (Å²) in [4.78, 5) is 76.4. The molecule has 96 heavy (non-hydrogen) atoms. The minimum absolute atomic E-state index is 0.0425. The third-order valence-electron chi connectivity index (χ3n) is 15.2. The third-order valence-corrected chi connectivity index (χ3v) is 15.2. The van der Waals surface area contributed by atoms with Gasteiger partial charge in [0.2, 0.25) is 0 Å². The molecule has 0 radical (unpaired) electrons. The van der Waals surface area contributed by atoms with E-state index >= 15 is 0 Å². The largest absolute Gasteiger partial charge is 0.491 e. The Kier molecular flexibility index (Phi) is 43.8. The number of ether oxygens (including phenoxy) is 11. The Hall–Kier alpha value is -5.09. The molecule has 2 saturated heterocycles. The second kappa shape index (κ2) is 49.4. The Morgan fingerprint density at radius 1 is 0.385 bits per heavy atom. The van der Waals surface area contributed by atoms with Crippen LogP contribution >= 0.6 is 0 Å². The number of nitrogens with one attached hydrogen (secondary N) is 3. The highest BCUT2D eigenvalue weighted by Gasteiger charge is 2.32. The van der Waals surface area contributed by atoms with Crippen molar-refractivity contribution < 1.29 is 76.1 Å². The average molecular weight is 1360 g/mol. The molecule has 4 rings (SSSR count). The monoisotopic (exact) mass is 1360 g/mol. The van der Waals surface area contributed by atoms with E-state index in [1.165, 1.54) is 5.56 Å². The summed E-state index contributed by atoms with van der Waals surface area (Å²) >= 11 is 0. The van der Waals surface area contributed by atoms with Crippen LogP contribution in [0.5, 0.6) is 11.5 Å². The van der Waals surface area contributed by atoms with Crippen molar-refractivity contribution in [2.75, 3.05) is 204 Å². The van der Waals surface area contributed by atoms with Gasteiger partial charge in [0.25, 0.3) is 0 Å². The van der Waals surface area contributed by atoms with E-state index in [1.54, 1.807) is 6.92 Å². The minimum atomic E-state index is -0.656. The molecule has 0 amide bonds. The summed E-state index contributed by atoms with van der Waals surface area (Å²) in [6, 6.07) is 15.4. The van der Waals surface area contributed by atoms with Crippen molar-refractivity contribution in [3.05, 3.63) is 59.7 Å². The van der Waals surface area contributed by atoms with Crippen molar-refractivity contribution in [3.8, 4) is 11.5 Å². The van der Waals surface area contributed by atoms with Crippen LogP contribution in [0.2, 0.25) is 0 Å². The maximum Gasteiger partial charge on any atom is 0.323 e. The molecule has 0 aliphatic carbocycles. The Labute approximate surface area is 576 Å². The van der Waals surface area contributed by atoms with Gasteiger partial charge < -0.3 is 68.1 Å². The lowest BCUT2D eigenvalue weighted by atomic mass is 10.0. The molecule has 0 aromatic heterocycles. The summed E-state index contributed by atoms with van der Waals surface area (Å²) in [5.41, 5.74) is 0.402. The predicted molar refractivity (Wildman–Crippen MR) is 374 cm³/mol. The summed E-state index contributed by atoms with van der Waals surface area (Å²) in [5, 5.41) is 10.4. The van der Waals surface area contributed by atoms with E-state index in [9.17, 15) is 24.0 Å². The first kappa shape index (κ1) is 85.1. The van der Waals surface area contributed by atoms with Crippen LogP contribution < -0.4 is 25.4 Å². The number of benzene rings is 2. The molecule has 2 aliphatic heterocycles. The molecule has 2 aliphatic rings. The maximum absolute atomic E-state index is 13.8. The number of carbonyl (C=O) groups excluding carboxylic acids is 5. The topological polar surface area (TPSA) is 239 Å². The molecule has 550 valence electrons. The molecule has 2 aromatic carbocycles. The number of hydrogen-bond acceptors (Lipinski definition) is 24. The van der Waals surface area contributed by atoms with Gasteiger partial charge in [-0.2, -0.15) is 0 Å². The van der Waals surface area contributed by atoms with Gasteiger partial charge in [0, 0.05) is 118 Å². The lowest BCUT2D eigenvalue weighted by Crippen LogP contribution is -2.52. The number of esters is 5. The highest BCUT2D eigenvalue weighted by Crippen LogP contribution is 2.20. The second-order valence-electron chi connectivity index (χ2n) is 26.8. The molecular weight excluding hydrogens is 1230 g/mol. The zero-order valence-electron chi connectivity index (χ0n) is 61.2. The van der Waals surface area contributed by atoms with Crippen LogP contribution in [0.1, 0.15) is 127 Å². The quantitative estimate of drug-likeness (QED) is 0.0398. The van der Waals surface area contributed by atoms with Gasteiger partial charge in [-0.25, -0.2) is 0 Å². The van der Waals surface area contributed by atoms with E-state index in [4.69, 9.17) is 52.1 Å². The number of aryl methyl sites for hydroxylation is 2. The van der Waals surface area contributed by atoms with Crippen LogP contribution in [-0.4, -0.2) is 287 Å². The zero-order valence-corrected chi connectivity index (χ0v) is 61.2. The number of hydrogen-bond donors (Lipinski definition) is 3. The molecule has 2 atom stereocenters. The maximum atomic E-state index is 13.8. The van der Waals surface area contributed by atoms with Crippen molar-refractivity contribution in [1.29, 1.82) is 0 Å². The average Bonchev–Trinajstić information content (AvgIpc) is 0.936. The lowest BCUT2D eigenvalue weighted by Gasteiger charge is -2.36. The van der Waals surface area contributed by atoms with Crippen molar-refractivity contribution in [3.63, 3.8) is 0 Å². The smallest absolute Gasteiger partial charge is 0.323 e. The second-order valence-corrected chi connectivity index (χ2v) is 26.8. The highest BCUT2D eigenvalue weighted by molar-refractivity contribution is 5.76. The Bertz CT molecular complexity index is 2330. The first-order valence-corrected chi connectivity index (χ1v) is 35.4. The first-order chi connectivity index (χ1) is 45.9. The fourth-order valence-corrected chi connectivity index (χ4v) is 10.7. The van der Waals surface area contributed by atoms with E-state index in [-0.39, 0.29) is 62.1 Å². The van der Waals surface area contributed by atoms with Gasteiger partial charge in [-0.3, -0.25) is 48.5 Å². The zero-order chi connectivity index (χ0) is 70.5. The molecule has 0 spiro atoms. The fraction of sp³-hybridized carbons (Fsp3) is 0.764. The van der Waals surface area contributed by atoms with E-state index in [0.717, 1.165) is 102 Å². The van der Waals surface area contributed by atoms with E-state index in [2.05, 4.69) is 37.9 Å². The van der Waals surface area contributed by atoms with E-state index in [1.807, 2.05) is 134 Å².